The first-order valence-corrected chi connectivity index (χ1v) is 10.9. The Kier molecular flexibility index (Phi) is 5.94. The predicted molar refractivity (Wildman–Crippen MR) is 96.3 cm³/mol. The molecule has 0 spiro atoms. The summed E-state index contributed by atoms with van der Waals surface area (Å²) in [7, 11) is -4.31. The van der Waals surface area contributed by atoms with Gasteiger partial charge < -0.3 is 0 Å². The summed E-state index contributed by atoms with van der Waals surface area (Å²) in [6.07, 6.45) is 2.69. The number of sulfonamides is 1. The molecule has 1 unspecified atom stereocenters. The third-order valence-corrected chi connectivity index (χ3v) is 7.07. The minimum absolute atomic E-state index is 0.247. The van der Waals surface area contributed by atoms with Gasteiger partial charge in [0.25, 0.3) is 10.0 Å². The lowest BCUT2D eigenvalue weighted by Gasteiger charge is -2.05. The van der Waals surface area contributed by atoms with E-state index in [0.29, 0.717) is 0 Å². The molecular weight excluding hydrogens is 382 g/mol. The van der Waals surface area contributed by atoms with Crippen molar-refractivity contribution in [2.45, 2.75) is 23.1 Å². The molecule has 0 heterocycles. The van der Waals surface area contributed by atoms with Gasteiger partial charge in [0.1, 0.15) is 0 Å². The maximum atomic E-state index is 12.4. The lowest BCUT2D eigenvalue weighted by Crippen LogP contribution is -2.00. The molecule has 1 atom stereocenters. The van der Waals surface area contributed by atoms with Crippen LogP contribution in [-0.2, 0) is 27.1 Å². The lowest BCUT2D eigenvalue weighted by molar-refractivity contribution is 0.598. The Morgan fingerprint density at radius 1 is 1.05 bits per heavy atom. The number of hydrogen-bond acceptors (Lipinski definition) is 2. The van der Waals surface area contributed by atoms with Gasteiger partial charge in [0.2, 0.25) is 0 Å². The van der Waals surface area contributed by atoms with Crippen LogP contribution in [0.2, 0.25) is 0 Å². The van der Waals surface area contributed by atoms with Gasteiger partial charge in [-0.15, -0.1) is 3.77 Å². The molecule has 0 radical (unpaired) electrons. The molecule has 0 aliphatic rings. The van der Waals surface area contributed by atoms with Crippen LogP contribution in [0.5, 0.6) is 0 Å². The van der Waals surface area contributed by atoms with Gasteiger partial charge in [-0.2, -0.15) is 8.42 Å². The highest BCUT2D eigenvalue weighted by Crippen LogP contribution is 2.17. The first-order chi connectivity index (χ1) is 10.4. The van der Waals surface area contributed by atoms with E-state index in [0.717, 1.165) is 27.8 Å². The smallest absolute Gasteiger partial charge is 0.199 e. The molecule has 0 N–H and O–H groups in total. The zero-order valence-electron chi connectivity index (χ0n) is 12.5. The van der Waals surface area contributed by atoms with E-state index in [-0.39, 0.29) is 4.90 Å². The van der Waals surface area contributed by atoms with Crippen LogP contribution >= 0.6 is 15.9 Å². The van der Waals surface area contributed by atoms with Crippen LogP contribution in [0.1, 0.15) is 11.1 Å². The molecule has 0 aromatic heterocycles. The Morgan fingerprint density at radius 2 is 1.64 bits per heavy atom. The van der Waals surface area contributed by atoms with Crippen LogP contribution < -0.4 is 0 Å². The van der Waals surface area contributed by atoms with E-state index in [9.17, 15) is 8.42 Å². The molecule has 0 aliphatic carbocycles. The Labute approximate surface area is 143 Å². The van der Waals surface area contributed by atoms with Gasteiger partial charge >= 0.3 is 0 Å². The summed E-state index contributed by atoms with van der Waals surface area (Å²) in [6, 6.07) is 14.7. The highest BCUT2D eigenvalue weighted by atomic mass is 79.9. The van der Waals surface area contributed by atoms with Gasteiger partial charge in [-0.1, -0.05) is 56.5 Å². The van der Waals surface area contributed by atoms with Crippen molar-refractivity contribution in [3.63, 3.8) is 0 Å². The number of aryl methyl sites for hydroxylation is 2. The van der Waals surface area contributed by atoms with Crippen molar-refractivity contribution in [1.29, 1.82) is 0 Å². The molecule has 0 saturated heterocycles. The maximum Gasteiger partial charge on any atom is 0.288 e. The Morgan fingerprint density at radius 3 is 2.18 bits per heavy atom. The number of nitrogens with zero attached hydrogens (tertiary/aromatic N) is 1. The van der Waals surface area contributed by atoms with Crippen molar-refractivity contribution >= 4 is 36.6 Å². The second-order valence-electron chi connectivity index (χ2n) is 4.92. The second kappa shape index (κ2) is 7.53. The topological polar surface area (TPSA) is 46.5 Å². The van der Waals surface area contributed by atoms with Gasteiger partial charge in [-0.05, 0) is 49.4 Å². The van der Waals surface area contributed by atoms with Gasteiger partial charge in [-0.25, -0.2) is 0 Å². The van der Waals surface area contributed by atoms with Crippen molar-refractivity contribution in [3.05, 3.63) is 59.7 Å². The highest BCUT2D eigenvalue weighted by Gasteiger charge is 2.13. The maximum absolute atomic E-state index is 12.4. The zero-order chi connectivity index (χ0) is 16.2. The Bertz CT molecular complexity index is 767. The first-order valence-electron chi connectivity index (χ1n) is 6.78. The quantitative estimate of drug-likeness (QED) is 0.709. The first kappa shape index (κ1) is 17.4. The number of hydrogen-bond donors (Lipinski definition) is 0. The predicted octanol–water partition coefficient (Wildman–Crippen LogP) is 4.11. The van der Waals surface area contributed by atoms with E-state index in [4.69, 9.17) is 0 Å². The zero-order valence-corrected chi connectivity index (χ0v) is 15.7. The normalized spacial score (nSPS) is 13.2. The lowest BCUT2D eigenvalue weighted by atomic mass is 10.2. The van der Waals surface area contributed by atoms with Gasteiger partial charge in [0, 0.05) is 10.2 Å². The van der Waals surface area contributed by atoms with Crippen LogP contribution in [0.15, 0.2) is 62.1 Å². The van der Waals surface area contributed by atoms with E-state index in [1.54, 1.807) is 12.1 Å². The summed E-state index contributed by atoms with van der Waals surface area (Å²) >= 11 is 3.37. The number of alkyl halides is 1. The van der Waals surface area contributed by atoms with E-state index in [2.05, 4.69) is 19.7 Å². The van der Waals surface area contributed by atoms with E-state index < -0.39 is 20.7 Å². The summed E-state index contributed by atoms with van der Waals surface area (Å²) in [5.74, 6) is 0. The van der Waals surface area contributed by atoms with Crippen molar-refractivity contribution in [3.8, 4) is 0 Å². The molecule has 0 fully saturated rings. The minimum atomic E-state index is -3.62. The molecule has 2 aromatic carbocycles. The van der Waals surface area contributed by atoms with Crippen molar-refractivity contribution < 1.29 is 8.42 Å². The van der Waals surface area contributed by atoms with Crippen molar-refractivity contribution in [2.75, 3.05) is 11.6 Å². The van der Waals surface area contributed by atoms with Crippen molar-refractivity contribution in [1.82, 2.24) is 0 Å². The molecule has 0 saturated carbocycles. The standard InChI is InChI=1S/C16H18BrNO2S2/c1-13-3-7-15(8-4-13)21(2)18-22(19,20)16-9-5-14(6-10-16)11-12-17/h3-10H,11-12H2,1-2H3. The van der Waals surface area contributed by atoms with Crippen LogP contribution in [0.3, 0.4) is 0 Å². The SMILES string of the molecule is Cc1ccc(S(C)=NS(=O)(=O)c2ccc(CCBr)cc2)cc1. The summed E-state index contributed by atoms with van der Waals surface area (Å²) in [4.78, 5) is 1.17. The Hall–Kier alpha value is -0.980. The summed E-state index contributed by atoms with van der Waals surface area (Å²) in [5, 5.41) is 0.856. The third-order valence-electron chi connectivity index (χ3n) is 3.18. The molecule has 2 rings (SSSR count). The van der Waals surface area contributed by atoms with E-state index in [1.807, 2.05) is 49.6 Å². The molecule has 2 aromatic rings. The van der Waals surface area contributed by atoms with Crippen LogP contribution in [0, 0.1) is 6.92 Å². The fraction of sp³-hybridized carbons (Fsp3) is 0.250. The monoisotopic (exact) mass is 399 g/mol. The summed E-state index contributed by atoms with van der Waals surface area (Å²) < 4.78 is 28.8. The second-order valence-corrected chi connectivity index (χ2v) is 9.16. The fourth-order valence-electron chi connectivity index (χ4n) is 1.91. The molecular formula is C16H18BrNO2S2. The molecule has 3 nitrogen and oxygen atoms in total. The largest absolute Gasteiger partial charge is 0.288 e. The van der Waals surface area contributed by atoms with Crippen LogP contribution in [-0.4, -0.2) is 20.0 Å². The van der Waals surface area contributed by atoms with Crippen molar-refractivity contribution in [2.24, 2.45) is 3.77 Å². The van der Waals surface area contributed by atoms with Crippen LogP contribution in [0.25, 0.3) is 0 Å². The highest BCUT2D eigenvalue weighted by molar-refractivity contribution is 9.09. The fourth-order valence-corrected chi connectivity index (χ4v) is 5.24. The Balaban J connectivity index is 2.29. The minimum Gasteiger partial charge on any atom is -0.199 e. The van der Waals surface area contributed by atoms with Gasteiger partial charge in [0.15, 0.2) is 0 Å². The molecule has 22 heavy (non-hydrogen) atoms. The number of halogens is 1. The van der Waals surface area contributed by atoms with Gasteiger partial charge in [0.05, 0.1) is 4.90 Å². The third kappa shape index (κ3) is 4.51. The van der Waals surface area contributed by atoms with Gasteiger partial charge in [-0.3, -0.25) is 0 Å². The number of benzene rings is 2. The molecule has 0 aliphatic heterocycles. The number of rotatable bonds is 5. The van der Waals surface area contributed by atoms with E-state index >= 15 is 0 Å². The molecule has 0 bridgehead atoms. The average molecular weight is 400 g/mol. The molecule has 118 valence electrons. The van der Waals surface area contributed by atoms with E-state index in [1.165, 1.54) is 0 Å². The molecule has 6 heteroatoms. The summed E-state index contributed by atoms with van der Waals surface area (Å²) in [5.41, 5.74) is 2.25. The van der Waals surface area contributed by atoms with Crippen LogP contribution in [0.4, 0.5) is 0 Å². The average Bonchev–Trinajstić information content (AvgIpc) is 2.48. The summed E-state index contributed by atoms with van der Waals surface area (Å²) in [6.45, 7) is 2.00. The molecule has 0 amide bonds.